The maximum Gasteiger partial charge on any atom is 0.162 e. The summed E-state index contributed by atoms with van der Waals surface area (Å²) < 4.78 is 12.9. The summed E-state index contributed by atoms with van der Waals surface area (Å²) in [4.78, 5) is 15.8. The van der Waals surface area contributed by atoms with Crippen molar-refractivity contribution in [2.75, 3.05) is 31.2 Å². The Morgan fingerprint density at radius 2 is 2.17 bits per heavy atom. The Hall–Kier alpha value is -2.54. The highest BCUT2D eigenvalue weighted by Gasteiger charge is 2.26. The molecule has 7 heteroatoms. The van der Waals surface area contributed by atoms with Crippen LogP contribution in [0, 0.1) is 6.92 Å². The van der Waals surface area contributed by atoms with E-state index in [1.54, 1.807) is 12.4 Å². The second-order valence-corrected chi connectivity index (χ2v) is 7.43. The zero-order valence-corrected chi connectivity index (χ0v) is 17.6. The average Bonchev–Trinajstić information content (AvgIpc) is 3.13. The minimum absolute atomic E-state index is 0.420. The number of aryl methyl sites for hydroxylation is 1. The van der Waals surface area contributed by atoms with Crippen LogP contribution in [0.1, 0.15) is 38.8 Å². The molecule has 0 aromatic carbocycles. The van der Waals surface area contributed by atoms with Gasteiger partial charge in [0.05, 0.1) is 11.4 Å². The van der Waals surface area contributed by atoms with Crippen molar-refractivity contribution in [1.29, 1.82) is 0 Å². The molecule has 2 N–H and O–H groups in total. The van der Waals surface area contributed by atoms with Gasteiger partial charge in [0, 0.05) is 24.0 Å². The van der Waals surface area contributed by atoms with Gasteiger partial charge in [-0.3, -0.25) is 0 Å². The van der Waals surface area contributed by atoms with Crippen molar-refractivity contribution in [1.82, 2.24) is 20.6 Å². The van der Waals surface area contributed by atoms with Crippen molar-refractivity contribution in [2.24, 2.45) is 4.99 Å². The van der Waals surface area contributed by atoms with Crippen LogP contribution in [0.4, 0.5) is 15.9 Å². The molecule has 0 atom stereocenters. The van der Waals surface area contributed by atoms with Crippen LogP contribution >= 0.6 is 0 Å². The van der Waals surface area contributed by atoms with E-state index >= 15 is 0 Å². The van der Waals surface area contributed by atoms with E-state index in [1.165, 1.54) is 0 Å². The van der Waals surface area contributed by atoms with Crippen LogP contribution in [0.3, 0.4) is 0 Å². The maximum atomic E-state index is 12.9. The highest BCUT2D eigenvalue weighted by molar-refractivity contribution is 5.99. The Kier molecular flexibility index (Phi) is 7.14. The van der Waals surface area contributed by atoms with Crippen molar-refractivity contribution in [3.8, 4) is 0 Å². The first-order chi connectivity index (χ1) is 14.0. The van der Waals surface area contributed by atoms with Gasteiger partial charge >= 0.3 is 0 Å². The van der Waals surface area contributed by atoms with Crippen LogP contribution in [0.15, 0.2) is 47.0 Å². The molecule has 0 amide bonds. The van der Waals surface area contributed by atoms with Crippen LogP contribution in [0.2, 0.25) is 0 Å². The number of aromatic nitrogens is 2. The second-order valence-electron chi connectivity index (χ2n) is 7.43. The Bertz CT molecular complexity index is 836. The largest absolute Gasteiger partial charge is 0.381 e. The van der Waals surface area contributed by atoms with Gasteiger partial charge in [-0.05, 0) is 64.8 Å². The number of anilines is 1. The highest BCUT2D eigenvalue weighted by Crippen LogP contribution is 2.37. The number of alkyl halides is 1. The maximum absolute atomic E-state index is 12.9. The zero-order valence-electron chi connectivity index (χ0n) is 17.6. The first-order valence-corrected chi connectivity index (χ1v) is 10.3. The van der Waals surface area contributed by atoms with Crippen LogP contribution < -0.4 is 15.5 Å². The second kappa shape index (κ2) is 9.78. The van der Waals surface area contributed by atoms with Crippen LogP contribution in [0.25, 0.3) is 0 Å². The van der Waals surface area contributed by atoms with Crippen molar-refractivity contribution in [2.45, 2.75) is 46.1 Å². The van der Waals surface area contributed by atoms with Crippen LogP contribution in [0.5, 0.6) is 0 Å². The van der Waals surface area contributed by atoms with E-state index < -0.39 is 6.67 Å². The number of piperidine rings is 1. The number of nitrogens with zero attached hydrogens (tertiary/aromatic N) is 4. The Morgan fingerprint density at radius 3 is 2.86 bits per heavy atom. The first kappa shape index (κ1) is 21.2. The lowest BCUT2D eigenvalue weighted by Gasteiger charge is -2.26. The SMILES string of the molecule is C=C(NC1CCNCC1)C(C)=Nc1c(C)ncnc1N1CCC(=C/CF)/C1=C\C. The minimum Gasteiger partial charge on any atom is -0.381 e. The Morgan fingerprint density at radius 1 is 1.41 bits per heavy atom. The normalized spacial score (nSPS) is 21.2. The summed E-state index contributed by atoms with van der Waals surface area (Å²) in [6.45, 7) is 12.4. The molecular weight excluding hydrogens is 367 g/mol. The molecule has 3 heterocycles. The van der Waals surface area contributed by atoms with E-state index in [0.29, 0.717) is 6.04 Å². The van der Waals surface area contributed by atoms with Gasteiger partial charge in [-0.25, -0.2) is 19.4 Å². The van der Waals surface area contributed by atoms with Crippen molar-refractivity contribution in [3.05, 3.63) is 47.7 Å². The third kappa shape index (κ3) is 4.90. The van der Waals surface area contributed by atoms with Gasteiger partial charge in [-0.1, -0.05) is 12.7 Å². The standard InChI is InChI=1S/C22H31FN6/c1-5-20-18(6-10-23)9-13-29(20)22-21(17(4)25-14-26-22)28-16(3)15(2)27-19-7-11-24-12-8-19/h5-6,14,19,24,27H,2,7-13H2,1,3-4H3/b18-6-,20-5+,28-16?. The molecule has 0 radical (unpaired) electrons. The van der Waals surface area contributed by atoms with Crippen molar-refractivity contribution < 1.29 is 4.39 Å². The molecule has 1 aromatic heterocycles. The zero-order chi connectivity index (χ0) is 20.8. The van der Waals surface area contributed by atoms with E-state index in [4.69, 9.17) is 4.99 Å². The first-order valence-electron chi connectivity index (χ1n) is 10.3. The Balaban J connectivity index is 1.87. The van der Waals surface area contributed by atoms with E-state index in [1.807, 2.05) is 26.8 Å². The van der Waals surface area contributed by atoms with Gasteiger partial charge in [-0.2, -0.15) is 0 Å². The lowest BCUT2D eigenvalue weighted by Crippen LogP contribution is -2.40. The topological polar surface area (TPSA) is 65.4 Å². The molecule has 3 rings (SSSR count). The van der Waals surface area contributed by atoms with E-state index in [-0.39, 0.29) is 0 Å². The quantitative estimate of drug-likeness (QED) is 0.715. The molecule has 0 saturated carbocycles. The number of hydrogen-bond donors (Lipinski definition) is 2. The van der Waals surface area contributed by atoms with Gasteiger partial charge in [-0.15, -0.1) is 0 Å². The van der Waals surface area contributed by atoms with Crippen molar-refractivity contribution in [3.63, 3.8) is 0 Å². The fourth-order valence-electron chi connectivity index (χ4n) is 3.85. The summed E-state index contributed by atoms with van der Waals surface area (Å²) in [5.41, 5.74) is 5.19. The summed E-state index contributed by atoms with van der Waals surface area (Å²) in [6, 6.07) is 0.420. The number of hydrogen-bond acceptors (Lipinski definition) is 6. The number of allylic oxidation sites excluding steroid dienone is 4. The molecule has 2 aliphatic rings. The summed E-state index contributed by atoms with van der Waals surface area (Å²) >= 11 is 0. The third-order valence-corrected chi connectivity index (χ3v) is 5.50. The molecule has 2 aliphatic heterocycles. The number of rotatable bonds is 6. The smallest absolute Gasteiger partial charge is 0.162 e. The van der Waals surface area contributed by atoms with Gasteiger partial charge in [0.1, 0.15) is 18.7 Å². The van der Waals surface area contributed by atoms with Crippen molar-refractivity contribution >= 4 is 17.2 Å². The molecule has 0 bridgehead atoms. The van der Waals surface area contributed by atoms with Crippen LogP contribution in [-0.4, -0.2) is 48.0 Å². The Labute approximate surface area is 172 Å². The summed E-state index contributed by atoms with van der Waals surface area (Å²) in [6.07, 6.45) is 8.15. The fraction of sp³-hybridized carbons (Fsp3) is 0.500. The molecule has 2 fully saturated rings. The summed E-state index contributed by atoms with van der Waals surface area (Å²) in [5, 5.41) is 6.88. The molecule has 2 saturated heterocycles. The molecule has 1 aromatic rings. The van der Waals surface area contributed by atoms with Crippen LogP contribution in [-0.2, 0) is 0 Å². The highest BCUT2D eigenvalue weighted by atomic mass is 19.1. The molecule has 156 valence electrons. The van der Waals surface area contributed by atoms with Gasteiger partial charge in [0.15, 0.2) is 5.82 Å². The lowest BCUT2D eigenvalue weighted by molar-refractivity contribution is 0.416. The number of aliphatic imine (C=N–C) groups is 1. The average molecular weight is 399 g/mol. The summed E-state index contributed by atoms with van der Waals surface area (Å²) in [5.74, 6) is 0.752. The lowest BCUT2D eigenvalue weighted by atomic mass is 10.1. The van der Waals surface area contributed by atoms with Gasteiger partial charge in [0.2, 0.25) is 0 Å². The minimum atomic E-state index is -0.463. The van der Waals surface area contributed by atoms with E-state index in [9.17, 15) is 4.39 Å². The molecule has 0 unspecified atom stereocenters. The molecule has 29 heavy (non-hydrogen) atoms. The van der Waals surface area contributed by atoms with E-state index in [2.05, 4.69) is 32.1 Å². The molecule has 0 aliphatic carbocycles. The van der Waals surface area contributed by atoms with E-state index in [0.717, 1.165) is 78.8 Å². The molecular formula is C22H31FN6. The third-order valence-electron chi connectivity index (χ3n) is 5.50. The van der Waals surface area contributed by atoms with Gasteiger partial charge < -0.3 is 15.5 Å². The molecule has 0 spiro atoms. The monoisotopic (exact) mass is 398 g/mol. The number of halogens is 1. The predicted molar refractivity (Wildman–Crippen MR) is 117 cm³/mol. The fourth-order valence-corrected chi connectivity index (χ4v) is 3.85. The molecule has 6 nitrogen and oxygen atoms in total. The van der Waals surface area contributed by atoms with Gasteiger partial charge in [0.25, 0.3) is 0 Å². The summed E-state index contributed by atoms with van der Waals surface area (Å²) in [7, 11) is 0. The predicted octanol–water partition coefficient (Wildman–Crippen LogP) is 3.74. The number of nitrogens with one attached hydrogen (secondary N) is 2.